The number of likely N-dealkylation sites (tertiary alicyclic amines) is 1. The van der Waals surface area contributed by atoms with E-state index in [1.165, 1.54) is 19.3 Å². The number of carbonyl (C=O) groups excluding carboxylic acids is 1. The van der Waals surface area contributed by atoms with Crippen LogP contribution in [0.3, 0.4) is 0 Å². The van der Waals surface area contributed by atoms with Crippen molar-refractivity contribution in [2.75, 3.05) is 13.1 Å². The van der Waals surface area contributed by atoms with E-state index < -0.39 is 0 Å². The fraction of sp³-hybridized carbons (Fsp3) is 0.833. The van der Waals surface area contributed by atoms with Crippen LogP contribution in [0.1, 0.15) is 88.8 Å². The van der Waals surface area contributed by atoms with Gasteiger partial charge in [0.05, 0.1) is 5.92 Å². The Kier molecular flexibility index (Phi) is 5.74. The highest BCUT2D eigenvalue weighted by atomic mass is 16.5. The second-order valence-electron chi connectivity index (χ2n) is 7.37. The Bertz CT molecular complexity index is 539. The molecular formula is C18H30N4O2. The Morgan fingerprint density at radius 1 is 1.29 bits per heavy atom. The zero-order valence-electron chi connectivity index (χ0n) is 15.0. The number of piperidine rings is 1. The number of carbonyl (C=O) groups is 1. The van der Waals surface area contributed by atoms with Crippen molar-refractivity contribution < 1.29 is 9.32 Å². The molecule has 0 unspecified atom stereocenters. The zero-order valence-corrected chi connectivity index (χ0v) is 15.0. The van der Waals surface area contributed by atoms with E-state index in [0.717, 1.165) is 44.5 Å². The maximum atomic E-state index is 12.6. The van der Waals surface area contributed by atoms with E-state index in [4.69, 9.17) is 4.52 Å². The number of nitrogens with zero attached hydrogens (tertiary/aromatic N) is 3. The van der Waals surface area contributed by atoms with Gasteiger partial charge in [-0.2, -0.15) is 4.98 Å². The van der Waals surface area contributed by atoms with Crippen LogP contribution >= 0.6 is 0 Å². The number of hydrogen-bond acceptors (Lipinski definition) is 4. The molecule has 3 rings (SSSR count). The number of rotatable bonds is 4. The van der Waals surface area contributed by atoms with Crippen LogP contribution in [0.2, 0.25) is 0 Å². The second-order valence-corrected chi connectivity index (χ2v) is 7.37. The Morgan fingerprint density at radius 2 is 2.08 bits per heavy atom. The number of aromatic nitrogens is 2. The van der Waals surface area contributed by atoms with E-state index in [1.807, 2.05) is 4.90 Å². The van der Waals surface area contributed by atoms with Gasteiger partial charge in [0, 0.05) is 25.0 Å². The summed E-state index contributed by atoms with van der Waals surface area (Å²) in [6.07, 6.45) is 8.99. The fourth-order valence-electron chi connectivity index (χ4n) is 3.67. The molecular weight excluding hydrogens is 304 g/mol. The van der Waals surface area contributed by atoms with Crippen molar-refractivity contribution in [2.24, 2.45) is 0 Å². The van der Waals surface area contributed by atoms with Crippen LogP contribution in [0.15, 0.2) is 4.52 Å². The summed E-state index contributed by atoms with van der Waals surface area (Å²) in [6, 6.07) is 0.431. The Morgan fingerprint density at radius 3 is 2.83 bits per heavy atom. The van der Waals surface area contributed by atoms with Crippen molar-refractivity contribution in [3.63, 3.8) is 0 Å². The van der Waals surface area contributed by atoms with Gasteiger partial charge in [-0.1, -0.05) is 38.3 Å². The lowest BCUT2D eigenvalue weighted by Gasteiger charge is -2.33. The van der Waals surface area contributed by atoms with Crippen LogP contribution in [0.25, 0.3) is 0 Å². The maximum Gasteiger partial charge on any atom is 0.317 e. The first-order valence-corrected chi connectivity index (χ1v) is 9.56. The summed E-state index contributed by atoms with van der Waals surface area (Å²) in [7, 11) is 0. The normalized spacial score (nSPS) is 23.9. The smallest absolute Gasteiger partial charge is 0.317 e. The van der Waals surface area contributed by atoms with Gasteiger partial charge in [0.25, 0.3) is 0 Å². The minimum atomic E-state index is 0.0771. The largest absolute Gasteiger partial charge is 0.339 e. The predicted molar refractivity (Wildman–Crippen MR) is 92.0 cm³/mol. The molecule has 0 aromatic carbocycles. The third-order valence-corrected chi connectivity index (χ3v) is 5.50. The predicted octanol–water partition coefficient (Wildman–Crippen LogP) is 3.80. The standard InChI is InChI=1S/C18H30N4O2/c1-3-13(2)16-20-17(24-21-16)14-8-7-11-22(12-14)18(23)19-15-9-5-4-6-10-15/h13-15H,3-12H2,1-2H3,(H,19,23)/t13-,14-/m0/s1. The Balaban J connectivity index is 1.57. The molecule has 1 aliphatic carbocycles. The molecule has 24 heavy (non-hydrogen) atoms. The molecule has 0 spiro atoms. The first kappa shape index (κ1) is 17.2. The van der Waals surface area contributed by atoms with Crippen molar-refractivity contribution in [3.8, 4) is 0 Å². The summed E-state index contributed by atoms with van der Waals surface area (Å²) < 4.78 is 5.49. The van der Waals surface area contributed by atoms with Crippen LogP contribution in [0, 0.1) is 0 Å². The minimum Gasteiger partial charge on any atom is -0.339 e. The van der Waals surface area contributed by atoms with Gasteiger partial charge in [0.1, 0.15) is 0 Å². The van der Waals surface area contributed by atoms with Crippen LogP contribution in [0.4, 0.5) is 4.79 Å². The first-order valence-electron chi connectivity index (χ1n) is 9.56. The molecule has 1 aliphatic heterocycles. The highest BCUT2D eigenvalue weighted by Crippen LogP contribution is 2.27. The highest BCUT2D eigenvalue weighted by molar-refractivity contribution is 5.74. The Labute approximate surface area is 144 Å². The molecule has 1 aromatic heterocycles. The van der Waals surface area contributed by atoms with Crippen LogP contribution < -0.4 is 5.32 Å². The molecule has 1 N–H and O–H groups in total. The Hall–Kier alpha value is -1.59. The molecule has 0 radical (unpaired) electrons. The minimum absolute atomic E-state index is 0.0771. The van der Waals surface area contributed by atoms with Crippen LogP contribution in [0.5, 0.6) is 0 Å². The number of hydrogen-bond donors (Lipinski definition) is 1. The van der Waals surface area contributed by atoms with Gasteiger partial charge < -0.3 is 14.7 Å². The highest BCUT2D eigenvalue weighted by Gasteiger charge is 2.30. The molecule has 2 heterocycles. The number of nitrogens with one attached hydrogen (secondary N) is 1. The molecule has 1 aromatic rings. The zero-order chi connectivity index (χ0) is 16.9. The quantitative estimate of drug-likeness (QED) is 0.909. The van der Waals surface area contributed by atoms with E-state index in [2.05, 4.69) is 29.3 Å². The second kappa shape index (κ2) is 7.99. The molecule has 1 saturated carbocycles. The van der Waals surface area contributed by atoms with Crippen molar-refractivity contribution >= 4 is 6.03 Å². The van der Waals surface area contributed by atoms with E-state index in [-0.39, 0.29) is 11.9 Å². The van der Waals surface area contributed by atoms with E-state index in [9.17, 15) is 4.79 Å². The van der Waals surface area contributed by atoms with Gasteiger partial charge in [-0.05, 0) is 32.1 Å². The third kappa shape index (κ3) is 4.08. The van der Waals surface area contributed by atoms with E-state index in [1.54, 1.807) is 0 Å². The topological polar surface area (TPSA) is 71.3 Å². The molecule has 0 bridgehead atoms. The van der Waals surface area contributed by atoms with Crippen LogP contribution in [-0.2, 0) is 0 Å². The van der Waals surface area contributed by atoms with Crippen molar-refractivity contribution in [1.29, 1.82) is 0 Å². The average molecular weight is 334 g/mol. The van der Waals surface area contributed by atoms with Crippen molar-refractivity contribution in [3.05, 3.63) is 11.7 Å². The maximum absolute atomic E-state index is 12.6. The third-order valence-electron chi connectivity index (χ3n) is 5.50. The van der Waals surface area contributed by atoms with Crippen molar-refractivity contribution in [2.45, 2.75) is 83.1 Å². The van der Waals surface area contributed by atoms with Gasteiger partial charge in [0.2, 0.25) is 5.89 Å². The summed E-state index contributed by atoms with van der Waals surface area (Å²) >= 11 is 0. The van der Waals surface area contributed by atoms with Gasteiger partial charge in [0.15, 0.2) is 5.82 Å². The average Bonchev–Trinajstić information content (AvgIpc) is 3.12. The van der Waals surface area contributed by atoms with Gasteiger partial charge in [-0.25, -0.2) is 4.79 Å². The van der Waals surface area contributed by atoms with Crippen molar-refractivity contribution in [1.82, 2.24) is 20.4 Å². The monoisotopic (exact) mass is 334 g/mol. The molecule has 6 heteroatoms. The molecule has 1 saturated heterocycles. The first-order chi connectivity index (χ1) is 11.7. The van der Waals surface area contributed by atoms with E-state index in [0.29, 0.717) is 24.4 Å². The molecule has 6 nitrogen and oxygen atoms in total. The summed E-state index contributed by atoms with van der Waals surface area (Å²) in [5.74, 6) is 1.97. The summed E-state index contributed by atoms with van der Waals surface area (Å²) in [4.78, 5) is 19.1. The van der Waals surface area contributed by atoms with Gasteiger partial charge in [-0.3, -0.25) is 0 Å². The SMILES string of the molecule is CC[C@H](C)c1noc([C@H]2CCCN(C(=O)NC3CCCCC3)C2)n1. The van der Waals surface area contributed by atoms with Gasteiger partial charge >= 0.3 is 6.03 Å². The summed E-state index contributed by atoms with van der Waals surface area (Å²) in [5, 5.41) is 7.33. The number of urea groups is 1. The molecule has 2 atom stereocenters. The number of amides is 2. The molecule has 2 amide bonds. The van der Waals surface area contributed by atoms with E-state index >= 15 is 0 Å². The molecule has 2 aliphatic rings. The molecule has 2 fully saturated rings. The molecule has 134 valence electrons. The lowest BCUT2D eigenvalue weighted by molar-refractivity contribution is 0.166. The summed E-state index contributed by atoms with van der Waals surface area (Å²) in [5.41, 5.74) is 0. The van der Waals surface area contributed by atoms with Gasteiger partial charge in [-0.15, -0.1) is 0 Å². The summed E-state index contributed by atoms with van der Waals surface area (Å²) in [6.45, 7) is 5.74. The van der Waals surface area contributed by atoms with Crippen LogP contribution in [-0.4, -0.2) is 40.2 Å². The fourth-order valence-corrected chi connectivity index (χ4v) is 3.67. The lowest BCUT2D eigenvalue weighted by Crippen LogP contribution is -2.48. The lowest BCUT2D eigenvalue weighted by atomic mass is 9.95.